The van der Waals surface area contributed by atoms with E-state index in [0.717, 1.165) is 4.47 Å². The van der Waals surface area contributed by atoms with Gasteiger partial charge in [-0.2, -0.15) is 0 Å². The Morgan fingerprint density at radius 2 is 1.88 bits per heavy atom. The topological polar surface area (TPSA) is 58.9 Å². The fourth-order valence-corrected chi connectivity index (χ4v) is 2.20. The Kier molecular flexibility index (Phi) is 3.68. The van der Waals surface area contributed by atoms with Crippen LogP contribution in [0.15, 0.2) is 16.6 Å². The zero-order valence-corrected chi connectivity index (χ0v) is 10.2. The summed E-state index contributed by atoms with van der Waals surface area (Å²) in [5.74, 6) is 1.32. The molecule has 5 heteroatoms. The number of aliphatic hydroxyl groups excluding tert-OH is 2. The molecule has 0 saturated carbocycles. The minimum atomic E-state index is -0.699. The molecule has 0 spiro atoms. The van der Waals surface area contributed by atoms with Gasteiger partial charge in [-0.3, -0.25) is 0 Å². The zero-order valence-electron chi connectivity index (χ0n) is 8.65. The normalized spacial score (nSPS) is 15.9. The van der Waals surface area contributed by atoms with Crippen LogP contribution in [0.2, 0.25) is 0 Å². The minimum Gasteiger partial charge on any atom is -0.486 e. The van der Waals surface area contributed by atoms with E-state index in [-0.39, 0.29) is 6.61 Å². The summed E-state index contributed by atoms with van der Waals surface area (Å²) in [7, 11) is 0. The number of hydrogen-bond donors (Lipinski definition) is 2. The van der Waals surface area contributed by atoms with Crippen LogP contribution >= 0.6 is 15.9 Å². The van der Waals surface area contributed by atoms with Crippen LogP contribution in [0.25, 0.3) is 0 Å². The maximum absolute atomic E-state index is 9.82. The summed E-state index contributed by atoms with van der Waals surface area (Å²) >= 11 is 3.37. The lowest BCUT2D eigenvalue weighted by molar-refractivity contribution is 0.132. The van der Waals surface area contributed by atoms with E-state index in [1.165, 1.54) is 0 Å². The van der Waals surface area contributed by atoms with Crippen molar-refractivity contribution in [2.45, 2.75) is 12.5 Å². The van der Waals surface area contributed by atoms with E-state index in [2.05, 4.69) is 15.9 Å². The zero-order chi connectivity index (χ0) is 11.5. The first-order valence-electron chi connectivity index (χ1n) is 5.10. The number of hydrogen-bond acceptors (Lipinski definition) is 4. The van der Waals surface area contributed by atoms with Crippen LogP contribution in [-0.4, -0.2) is 30.0 Å². The second-order valence-electron chi connectivity index (χ2n) is 3.55. The molecule has 0 bridgehead atoms. The summed E-state index contributed by atoms with van der Waals surface area (Å²) < 4.78 is 11.6. The van der Waals surface area contributed by atoms with Crippen LogP contribution in [0.5, 0.6) is 11.5 Å². The predicted molar refractivity (Wildman–Crippen MR) is 61.8 cm³/mol. The quantitative estimate of drug-likeness (QED) is 0.888. The van der Waals surface area contributed by atoms with E-state index >= 15 is 0 Å². The summed E-state index contributed by atoms with van der Waals surface area (Å²) in [6, 6.07) is 3.53. The molecule has 0 fully saturated rings. The maximum atomic E-state index is 9.82. The molecule has 1 aliphatic heterocycles. The number of halogens is 1. The molecule has 4 nitrogen and oxygen atoms in total. The fraction of sp³-hybridized carbons (Fsp3) is 0.455. The van der Waals surface area contributed by atoms with Crippen molar-refractivity contribution in [3.05, 3.63) is 22.2 Å². The lowest BCUT2D eigenvalue weighted by Gasteiger charge is -2.21. The molecule has 1 heterocycles. The molecule has 0 aliphatic carbocycles. The smallest absolute Gasteiger partial charge is 0.162 e. The molecular weight excluding hydrogens is 276 g/mol. The summed E-state index contributed by atoms with van der Waals surface area (Å²) in [5, 5.41) is 18.6. The monoisotopic (exact) mass is 288 g/mol. The van der Waals surface area contributed by atoms with Crippen molar-refractivity contribution in [1.29, 1.82) is 0 Å². The number of benzene rings is 1. The Morgan fingerprint density at radius 3 is 2.50 bits per heavy atom. The first-order chi connectivity index (χ1) is 7.72. The van der Waals surface area contributed by atoms with Gasteiger partial charge in [0.15, 0.2) is 11.5 Å². The van der Waals surface area contributed by atoms with E-state index in [4.69, 9.17) is 14.6 Å². The molecule has 88 valence electrons. The summed E-state index contributed by atoms with van der Waals surface area (Å²) in [4.78, 5) is 0. The van der Waals surface area contributed by atoms with Crippen molar-refractivity contribution in [2.24, 2.45) is 0 Å². The van der Waals surface area contributed by atoms with Gasteiger partial charge in [0.2, 0.25) is 0 Å². The van der Waals surface area contributed by atoms with Gasteiger partial charge in [-0.15, -0.1) is 0 Å². The van der Waals surface area contributed by atoms with Gasteiger partial charge in [0, 0.05) is 17.5 Å². The lowest BCUT2D eigenvalue weighted by Crippen LogP contribution is -2.16. The van der Waals surface area contributed by atoms with E-state index in [1.807, 2.05) is 0 Å². The van der Waals surface area contributed by atoms with Crippen molar-refractivity contribution in [1.82, 2.24) is 0 Å². The molecule has 2 rings (SSSR count). The van der Waals surface area contributed by atoms with E-state index in [1.54, 1.807) is 12.1 Å². The molecular formula is C11H13BrO4. The molecule has 0 aromatic heterocycles. The van der Waals surface area contributed by atoms with Gasteiger partial charge >= 0.3 is 0 Å². The highest BCUT2D eigenvalue weighted by Gasteiger charge is 2.18. The SMILES string of the molecule is OCCC(O)c1cc2c(cc1Br)OCCO2. The molecule has 0 radical (unpaired) electrons. The Balaban J connectivity index is 2.31. The highest BCUT2D eigenvalue weighted by Crippen LogP contribution is 2.38. The first-order valence-corrected chi connectivity index (χ1v) is 5.89. The largest absolute Gasteiger partial charge is 0.486 e. The molecule has 0 amide bonds. The van der Waals surface area contributed by atoms with E-state index < -0.39 is 6.10 Å². The van der Waals surface area contributed by atoms with Crippen LogP contribution in [0.4, 0.5) is 0 Å². The Morgan fingerprint density at radius 1 is 1.25 bits per heavy atom. The summed E-state index contributed by atoms with van der Waals surface area (Å²) in [6.45, 7) is 1.00. The third-order valence-corrected chi connectivity index (χ3v) is 3.11. The molecule has 2 N–H and O–H groups in total. The van der Waals surface area contributed by atoms with Crippen molar-refractivity contribution in [3.8, 4) is 11.5 Å². The number of aliphatic hydroxyl groups is 2. The van der Waals surface area contributed by atoms with E-state index in [9.17, 15) is 5.11 Å². The van der Waals surface area contributed by atoms with Crippen LogP contribution in [0.1, 0.15) is 18.1 Å². The summed E-state index contributed by atoms with van der Waals surface area (Å²) in [5.41, 5.74) is 0.707. The van der Waals surface area contributed by atoms with Crippen LogP contribution in [-0.2, 0) is 0 Å². The Bertz CT molecular complexity index is 380. The Labute approximate surface area is 102 Å². The van der Waals surface area contributed by atoms with Crippen molar-refractivity contribution in [3.63, 3.8) is 0 Å². The highest BCUT2D eigenvalue weighted by molar-refractivity contribution is 9.10. The first kappa shape index (κ1) is 11.7. The predicted octanol–water partition coefficient (Wildman–Crippen LogP) is 1.64. The van der Waals surface area contributed by atoms with Gasteiger partial charge in [-0.25, -0.2) is 0 Å². The molecule has 0 saturated heterocycles. The molecule has 1 aromatic rings. The second kappa shape index (κ2) is 5.03. The third-order valence-electron chi connectivity index (χ3n) is 2.42. The molecule has 16 heavy (non-hydrogen) atoms. The van der Waals surface area contributed by atoms with Gasteiger partial charge in [-0.05, 0) is 17.7 Å². The summed E-state index contributed by atoms with van der Waals surface area (Å²) in [6.07, 6.45) is -0.395. The average molecular weight is 289 g/mol. The van der Waals surface area contributed by atoms with E-state index in [0.29, 0.717) is 36.7 Å². The number of ether oxygens (including phenoxy) is 2. The van der Waals surface area contributed by atoms with Crippen LogP contribution < -0.4 is 9.47 Å². The van der Waals surface area contributed by atoms with Gasteiger partial charge in [0.1, 0.15) is 13.2 Å². The Hall–Kier alpha value is -0.780. The van der Waals surface area contributed by atoms with Crippen molar-refractivity contribution < 1.29 is 19.7 Å². The van der Waals surface area contributed by atoms with Gasteiger partial charge < -0.3 is 19.7 Å². The standard InChI is InChI=1S/C11H13BrO4/c12-8-6-11-10(15-3-4-16-11)5-7(8)9(14)1-2-13/h5-6,9,13-14H,1-4H2. The fourth-order valence-electron chi connectivity index (χ4n) is 1.61. The maximum Gasteiger partial charge on any atom is 0.162 e. The molecule has 1 unspecified atom stereocenters. The van der Waals surface area contributed by atoms with Crippen LogP contribution in [0, 0.1) is 0 Å². The minimum absolute atomic E-state index is 0.0535. The molecule has 1 atom stereocenters. The van der Waals surface area contributed by atoms with Crippen LogP contribution in [0.3, 0.4) is 0 Å². The van der Waals surface area contributed by atoms with Gasteiger partial charge in [0.05, 0.1) is 6.10 Å². The van der Waals surface area contributed by atoms with Crippen molar-refractivity contribution in [2.75, 3.05) is 19.8 Å². The van der Waals surface area contributed by atoms with Gasteiger partial charge in [-0.1, -0.05) is 15.9 Å². The molecule has 1 aromatic carbocycles. The second-order valence-corrected chi connectivity index (χ2v) is 4.40. The highest BCUT2D eigenvalue weighted by atomic mass is 79.9. The number of rotatable bonds is 3. The lowest BCUT2D eigenvalue weighted by atomic mass is 10.1. The molecule has 1 aliphatic rings. The average Bonchev–Trinajstić information content (AvgIpc) is 2.28. The third kappa shape index (κ3) is 2.31. The van der Waals surface area contributed by atoms with Gasteiger partial charge in [0.25, 0.3) is 0 Å². The number of fused-ring (bicyclic) bond motifs is 1. The van der Waals surface area contributed by atoms with Crippen molar-refractivity contribution >= 4 is 15.9 Å².